The molecule has 2 aromatic carbocycles. The first kappa shape index (κ1) is 21.2. The van der Waals surface area contributed by atoms with E-state index < -0.39 is 0 Å². The van der Waals surface area contributed by atoms with E-state index in [2.05, 4.69) is 62.4 Å². The summed E-state index contributed by atoms with van der Waals surface area (Å²) in [4.78, 5) is 0. The van der Waals surface area contributed by atoms with E-state index in [4.69, 9.17) is 9.47 Å². The van der Waals surface area contributed by atoms with Crippen LogP contribution in [-0.2, 0) is 10.8 Å². The Morgan fingerprint density at radius 2 is 1.14 bits per heavy atom. The van der Waals surface area contributed by atoms with E-state index in [-0.39, 0.29) is 0 Å². The van der Waals surface area contributed by atoms with Crippen molar-refractivity contribution in [2.45, 2.75) is 82.5 Å². The Labute approximate surface area is 210 Å². The van der Waals surface area contributed by atoms with E-state index in [1.54, 1.807) is 17.5 Å². The summed E-state index contributed by atoms with van der Waals surface area (Å²) in [6.45, 7) is 5.99. The molecule has 0 saturated heterocycles. The summed E-state index contributed by atoms with van der Waals surface area (Å²) in [6.07, 6.45) is 12.5. The molecule has 35 heavy (non-hydrogen) atoms. The monoisotopic (exact) mass is 468 g/mol. The van der Waals surface area contributed by atoms with Gasteiger partial charge in [0.05, 0.1) is 13.2 Å². The van der Waals surface area contributed by atoms with Crippen molar-refractivity contribution in [1.82, 2.24) is 0 Å². The van der Waals surface area contributed by atoms with Gasteiger partial charge in [-0.3, -0.25) is 0 Å². The molecule has 9 aliphatic rings. The Kier molecular flexibility index (Phi) is 4.15. The lowest BCUT2D eigenvalue weighted by Crippen LogP contribution is -2.85. The zero-order valence-corrected chi connectivity index (χ0v) is 21.5. The highest BCUT2D eigenvalue weighted by Gasteiger charge is 2.86. The zero-order valence-electron chi connectivity index (χ0n) is 21.5. The summed E-state index contributed by atoms with van der Waals surface area (Å²) in [5.74, 6) is 6.00. The molecule has 184 valence electrons. The Hall–Kier alpha value is -1.96. The van der Waals surface area contributed by atoms with Gasteiger partial charge < -0.3 is 9.47 Å². The molecule has 0 aliphatic heterocycles. The largest absolute Gasteiger partial charge is 0.494 e. The first-order valence-corrected chi connectivity index (χ1v) is 14.5. The van der Waals surface area contributed by atoms with Gasteiger partial charge in [-0.05, 0) is 139 Å². The lowest BCUT2D eigenvalue weighted by Gasteiger charge is -2.91. The summed E-state index contributed by atoms with van der Waals surface area (Å²) in [6, 6.07) is 18.8. The highest BCUT2D eigenvalue weighted by atomic mass is 16.5. The highest BCUT2D eigenvalue weighted by Crippen LogP contribution is 2.93. The molecule has 2 nitrogen and oxygen atoms in total. The molecule has 0 radical (unpaired) electrons. The molecule has 0 heterocycles. The summed E-state index contributed by atoms with van der Waals surface area (Å²) in [7, 11) is 0. The van der Waals surface area contributed by atoms with Gasteiger partial charge in [0.25, 0.3) is 0 Å². The lowest BCUT2D eigenvalue weighted by atomic mass is 9.13. The summed E-state index contributed by atoms with van der Waals surface area (Å²) in [5.41, 5.74) is 5.46. The molecule has 11 rings (SSSR count). The molecule has 0 N–H and O–H groups in total. The van der Waals surface area contributed by atoms with Crippen LogP contribution in [0.5, 0.6) is 11.5 Å². The van der Waals surface area contributed by atoms with Crippen LogP contribution in [0.4, 0.5) is 0 Å². The summed E-state index contributed by atoms with van der Waals surface area (Å²) >= 11 is 0. The summed E-state index contributed by atoms with van der Waals surface area (Å²) < 4.78 is 11.8. The second-order valence-corrected chi connectivity index (χ2v) is 13.5. The van der Waals surface area contributed by atoms with Crippen molar-refractivity contribution in [2.24, 2.45) is 34.5 Å². The second kappa shape index (κ2) is 6.87. The number of benzene rings is 2. The number of hydrogen-bond donors (Lipinski definition) is 0. The van der Waals surface area contributed by atoms with Gasteiger partial charge >= 0.3 is 0 Å². The van der Waals surface area contributed by atoms with Crippen molar-refractivity contribution < 1.29 is 9.47 Å². The zero-order chi connectivity index (χ0) is 23.5. The molecular weight excluding hydrogens is 428 g/mol. The second-order valence-electron chi connectivity index (χ2n) is 13.5. The molecule has 2 heteroatoms. The van der Waals surface area contributed by atoms with E-state index >= 15 is 0 Å². The van der Waals surface area contributed by atoms with Gasteiger partial charge in [0.15, 0.2) is 0 Å². The molecule has 2 aromatic rings. The molecule has 2 spiro atoms. The molecule has 8 bridgehead atoms. The maximum absolute atomic E-state index is 5.91. The number of rotatable bonds is 8. The third-order valence-corrected chi connectivity index (χ3v) is 12.2. The molecule has 9 aliphatic carbocycles. The van der Waals surface area contributed by atoms with E-state index in [1.165, 1.54) is 38.5 Å². The molecule has 0 aromatic heterocycles. The van der Waals surface area contributed by atoms with Crippen LogP contribution in [0, 0.1) is 34.5 Å². The maximum atomic E-state index is 5.91. The first-order valence-electron chi connectivity index (χ1n) is 14.5. The Bertz CT molecular complexity index is 1100. The van der Waals surface area contributed by atoms with E-state index in [0.717, 1.165) is 61.2 Å². The molecular formula is C33H40O2. The molecule has 9 fully saturated rings. The van der Waals surface area contributed by atoms with Crippen molar-refractivity contribution in [3.8, 4) is 11.5 Å². The maximum Gasteiger partial charge on any atom is 0.119 e. The van der Waals surface area contributed by atoms with Crippen LogP contribution < -0.4 is 9.47 Å². The van der Waals surface area contributed by atoms with Crippen molar-refractivity contribution in [3.05, 3.63) is 59.7 Å². The van der Waals surface area contributed by atoms with Crippen LogP contribution >= 0.6 is 0 Å². The fraction of sp³-hybridized carbons (Fsp3) is 0.636. The molecule has 2 unspecified atom stereocenters. The van der Waals surface area contributed by atoms with Gasteiger partial charge in [0, 0.05) is 0 Å². The molecule has 4 atom stereocenters. The van der Waals surface area contributed by atoms with Crippen LogP contribution in [0.25, 0.3) is 0 Å². The minimum atomic E-state index is 0.447. The van der Waals surface area contributed by atoms with Crippen LogP contribution in [0.15, 0.2) is 48.5 Å². The third-order valence-electron chi connectivity index (χ3n) is 12.2. The van der Waals surface area contributed by atoms with E-state index in [9.17, 15) is 0 Å². The quantitative estimate of drug-likeness (QED) is 0.395. The minimum absolute atomic E-state index is 0.447. The SMILES string of the molecule is CCCOc1ccc(C23CC4C56CC7(c8ccc(OCCC)cc8)CC([C@H]5C2)[C@@H](C3)C4(C7)C6)cc1. The van der Waals surface area contributed by atoms with Gasteiger partial charge in [-0.15, -0.1) is 0 Å². The fourth-order valence-electron chi connectivity index (χ4n) is 11.6. The first-order chi connectivity index (χ1) is 17.1. The van der Waals surface area contributed by atoms with Gasteiger partial charge in [-0.1, -0.05) is 38.1 Å². The van der Waals surface area contributed by atoms with Crippen molar-refractivity contribution >= 4 is 0 Å². The van der Waals surface area contributed by atoms with Gasteiger partial charge in [0.2, 0.25) is 0 Å². The summed E-state index contributed by atoms with van der Waals surface area (Å²) in [5, 5.41) is 0. The lowest BCUT2D eigenvalue weighted by molar-refractivity contribution is -0.398. The smallest absolute Gasteiger partial charge is 0.119 e. The Morgan fingerprint density at radius 1 is 0.629 bits per heavy atom. The fourth-order valence-corrected chi connectivity index (χ4v) is 11.6. The number of hydrogen-bond acceptors (Lipinski definition) is 2. The normalized spacial score (nSPS) is 45.0. The van der Waals surface area contributed by atoms with Crippen molar-refractivity contribution in [1.29, 1.82) is 0 Å². The Balaban J connectivity index is 1.10. The van der Waals surface area contributed by atoms with Crippen molar-refractivity contribution in [3.63, 3.8) is 0 Å². The van der Waals surface area contributed by atoms with Gasteiger partial charge in [-0.25, -0.2) is 0 Å². The molecule has 9 saturated carbocycles. The minimum Gasteiger partial charge on any atom is -0.494 e. The number of ether oxygens (including phenoxy) is 2. The molecule has 0 amide bonds. The highest BCUT2D eigenvalue weighted by molar-refractivity contribution is 5.46. The standard InChI is InChI=1S/C33H40O2/c1-3-13-34-24-9-5-22(6-10-24)30-16-27-26-15-31(23-7-11-25(12-8-23)35-14-4-2)19-32(27)21-33(20-31,28(26)17-30)29(32)18-30/h5-12,26-29H,3-4,13-21H2,1-2H3/t26?,27-,28-,29?,30?,31?,32?,33?/m1/s1. The van der Waals surface area contributed by atoms with E-state index in [0.29, 0.717) is 21.7 Å². The average molecular weight is 469 g/mol. The van der Waals surface area contributed by atoms with Crippen LogP contribution in [-0.4, -0.2) is 13.2 Å². The van der Waals surface area contributed by atoms with Crippen molar-refractivity contribution in [2.75, 3.05) is 13.2 Å². The van der Waals surface area contributed by atoms with Crippen LogP contribution in [0.3, 0.4) is 0 Å². The topological polar surface area (TPSA) is 18.5 Å². The van der Waals surface area contributed by atoms with Gasteiger partial charge in [-0.2, -0.15) is 0 Å². The van der Waals surface area contributed by atoms with Crippen LogP contribution in [0.1, 0.15) is 82.8 Å². The van der Waals surface area contributed by atoms with E-state index in [1.807, 2.05) is 0 Å². The average Bonchev–Trinajstić information content (AvgIpc) is 2.89. The predicted octanol–water partition coefficient (Wildman–Crippen LogP) is 7.69. The Morgan fingerprint density at radius 3 is 1.66 bits per heavy atom. The van der Waals surface area contributed by atoms with Crippen LogP contribution in [0.2, 0.25) is 0 Å². The third kappa shape index (κ3) is 2.48. The van der Waals surface area contributed by atoms with Gasteiger partial charge in [0.1, 0.15) is 11.5 Å². The predicted molar refractivity (Wildman–Crippen MR) is 139 cm³/mol.